The summed E-state index contributed by atoms with van der Waals surface area (Å²) in [4.78, 5) is 24.8. The normalized spacial score (nSPS) is 5.14. The molecule has 0 aliphatic carbocycles. The Hall–Kier alpha value is -0.850. The zero-order chi connectivity index (χ0) is 10.7. The molecule has 0 N–H and O–H groups in total. The molecule has 0 amide bonds. The zero-order valence-corrected chi connectivity index (χ0v) is 9.27. The first-order valence-corrected chi connectivity index (χ1v) is 1.64. The molecule has 0 rings (SSSR count). The molecule has 0 radical (unpaired) electrons. The summed E-state index contributed by atoms with van der Waals surface area (Å²) in [7, 11) is 0. The molecule has 0 heterocycles. The van der Waals surface area contributed by atoms with Gasteiger partial charge < -0.3 is 46.0 Å². The van der Waals surface area contributed by atoms with Crippen LogP contribution in [0.2, 0.25) is 0 Å². The van der Waals surface area contributed by atoms with E-state index in [1.165, 1.54) is 0 Å². The molecule has 0 unspecified atom stereocenters. The zero-order valence-electron chi connectivity index (χ0n) is 6.17. The van der Waals surface area contributed by atoms with Crippen LogP contribution in [0.5, 0.6) is 0 Å². The third-order valence-electron chi connectivity index (χ3n) is 0. The SMILES string of the molecule is O=[N+]([O-])[O-].O=[N+]([O-])[O-].O=[N+]([O-])[O-].[Ca+2].[ClH2+]. The van der Waals surface area contributed by atoms with Gasteiger partial charge in [-0.25, -0.2) is 0 Å². The van der Waals surface area contributed by atoms with Crippen LogP contribution >= 0.6 is 0 Å². The molecule has 0 aromatic rings. The fraction of sp³-hybridized carbons (Fsp3) is 0. The van der Waals surface area contributed by atoms with Crippen molar-refractivity contribution < 1.29 is 27.7 Å². The van der Waals surface area contributed by atoms with Gasteiger partial charge >= 0.3 is 37.7 Å². The van der Waals surface area contributed by atoms with E-state index in [0.29, 0.717) is 0 Å². The van der Waals surface area contributed by atoms with Gasteiger partial charge in [-0.3, -0.25) is 0 Å². The van der Waals surface area contributed by atoms with E-state index in [1.54, 1.807) is 0 Å². The molecule has 80 valence electrons. The Balaban J connectivity index is -0.0000000270. The molecule has 0 saturated heterocycles. The van der Waals surface area contributed by atoms with Crippen LogP contribution in [-0.4, -0.2) is 53.0 Å². The van der Waals surface area contributed by atoms with Crippen LogP contribution in [0, 0.1) is 58.4 Å². The molecule has 0 spiro atoms. The summed E-state index contributed by atoms with van der Waals surface area (Å²) in [5.41, 5.74) is 0. The molecule has 0 fully saturated rings. The Bertz CT molecular complexity index is 118. The third kappa shape index (κ3) is 1590. The molecule has 0 bridgehead atoms. The van der Waals surface area contributed by atoms with Crippen molar-refractivity contribution >= 4 is 37.7 Å². The maximum Gasteiger partial charge on any atom is 2.00 e. The number of hydrogen-bond donors (Lipinski definition) is 0. The molecular weight excluding hydrogens is 262 g/mol. The minimum absolute atomic E-state index is 0. The summed E-state index contributed by atoms with van der Waals surface area (Å²) in [6, 6.07) is 0. The van der Waals surface area contributed by atoms with Gasteiger partial charge in [0.15, 0.2) is 0 Å². The van der Waals surface area contributed by atoms with E-state index >= 15 is 0 Å². The summed E-state index contributed by atoms with van der Waals surface area (Å²) in [5.74, 6) is 0. The van der Waals surface area contributed by atoms with Crippen molar-refractivity contribution in [2.45, 2.75) is 0 Å². The second-order valence-corrected chi connectivity index (χ2v) is 0.671. The molecule has 14 heavy (non-hydrogen) atoms. The summed E-state index contributed by atoms with van der Waals surface area (Å²) in [5, 5.41) is 44.2. The molecule has 12 nitrogen and oxygen atoms in total. The predicted molar refractivity (Wildman–Crippen MR) is 39.6 cm³/mol. The molecule has 0 aromatic heterocycles. The van der Waals surface area contributed by atoms with Gasteiger partial charge in [0, 0.05) is 0 Å². The summed E-state index contributed by atoms with van der Waals surface area (Å²) in [6.45, 7) is 0. The number of rotatable bonds is 0. The minimum atomic E-state index is -1.75. The maximum atomic E-state index is 8.25. The standard InChI is InChI=1S/Ca.ClH2.3NO3/c;;3*2-1(3)4/h;1H2;;;/q+2;+1;3*-1. The van der Waals surface area contributed by atoms with Crippen molar-refractivity contribution in [2.75, 3.05) is 0 Å². The molecule has 0 aliphatic heterocycles. The topological polar surface area (TPSA) is 199 Å². The Morgan fingerprint density at radius 1 is 0.571 bits per heavy atom. The van der Waals surface area contributed by atoms with Gasteiger partial charge in [0.1, 0.15) is 0 Å². The Labute approximate surface area is 111 Å². The Morgan fingerprint density at radius 3 is 0.571 bits per heavy atom. The maximum absolute atomic E-state index is 8.25. The van der Waals surface area contributed by atoms with Crippen LogP contribution in [0.25, 0.3) is 0 Å². The van der Waals surface area contributed by atoms with E-state index in [-0.39, 0.29) is 50.1 Å². The van der Waals surface area contributed by atoms with E-state index in [4.69, 9.17) is 46.0 Å². The van der Waals surface area contributed by atoms with E-state index in [9.17, 15) is 0 Å². The average Bonchev–Trinajstić information content (AvgIpc) is 1.54. The molecule has 0 saturated carbocycles. The van der Waals surface area contributed by atoms with Crippen molar-refractivity contribution in [2.24, 2.45) is 0 Å². The summed E-state index contributed by atoms with van der Waals surface area (Å²) in [6.07, 6.45) is 0. The minimum Gasteiger partial charge on any atom is -0.356 e. The molecule has 0 aromatic carbocycles. The van der Waals surface area contributed by atoms with Crippen molar-refractivity contribution in [3.8, 4) is 0 Å². The van der Waals surface area contributed by atoms with Gasteiger partial charge in [0.2, 0.25) is 0 Å². The van der Waals surface area contributed by atoms with Gasteiger partial charge in [-0.15, -0.1) is 0 Å². The molecule has 14 heteroatoms. The molecule has 0 atom stereocenters. The van der Waals surface area contributed by atoms with Crippen molar-refractivity contribution in [3.63, 3.8) is 0 Å². The van der Waals surface area contributed by atoms with E-state index in [2.05, 4.69) is 0 Å². The van der Waals surface area contributed by atoms with E-state index < -0.39 is 15.3 Å². The van der Waals surface area contributed by atoms with Gasteiger partial charge in [-0.1, -0.05) is 0 Å². The number of nitrogens with zero attached hydrogens (tertiary/aromatic N) is 3. The summed E-state index contributed by atoms with van der Waals surface area (Å²) < 4.78 is 0. The van der Waals surface area contributed by atoms with Crippen LogP contribution in [0.1, 0.15) is 0 Å². The first-order chi connectivity index (χ1) is 5.20. The second kappa shape index (κ2) is 22.7. The predicted octanol–water partition coefficient (Wildman–Crippen LogP) is -1.63. The Kier molecular flexibility index (Phi) is 47.5. The smallest absolute Gasteiger partial charge is 0.356 e. The van der Waals surface area contributed by atoms with Crippen LogP contribution < -0.4 is 0 Å². The molecule has 0 aliphatic rings. The fourth-order valence-electron chi connectivity index (χ4n) is 0. The number of halogens is 1. The van der Waals surface area contributed by atoms with E-state index in [0.717, 1.165) is 0 Å². The van der Waals surface area contributed by atoms with Crippen molar-refractivity contribution in [1.82, 2.24) is 0 Å². The largest absolute Gasteiger partial charge is 2.00 e. The molecular formula is H2CaClN3O9. The van der Waals surface area contributed by atoms with Crippen LogP contribution in [-0.2, 0) is 0 Å². The first-order valence-electron chi connectivity index (χ1n) is 1.64. The summed E-state index contributed by atoms with van der Waals surface area (Å²) >= 11 is 0. The van der Waals surface area contributed by atoms with Crippen molar-refractivity contribution in [1.29, 1.82) is 0 Å². The second-order valence-electron chi connectivity index (χ2n) is 0.671. The number of hydrogen-bond acceptors (Lipinski definition) is 9. The van der Waals surface area contributed by atoms with Gasteiger partial charge in [0.05, 0.1) is 27.7 Å². The van der Waals surface area contributed by atoms with Crippen molar-refractivity contribution in [3.05, 3.63) is 46.0 Å². The van der Waals surface area contributed by atoms with E-state index in [1.807, 2.05) is 0 Å². The van der Waals surface area contributed by atoms with Crippen LogP contribution in [0.4, 0.5) is 0 Å². The van der Waals surface area contributed by atoms with Crippen LogP contribution in [0.15, 0.2) is 0 Å². The monoisotopic (exact) mass is 263 g/mol. The Morgan fingerprint density at radius 2 is 0.571 bits per heavy atom. The van der Waals surface area contributed by atoms with Gasteiger partial charge in [0.25, 0.3) is 0 Å². The van der Waals surface area contributed by atoms with Gasteiger partial charge in [-0.2, -0.15) is 0 Å². The first kappa shape index (κ1) is 29.2. The van der Waals surface area contributed by atoms with Crippen LogP contribution in [0.3, 0.4) is 0 Å². The quantitative estimate of drug-likeness (QED) is 0.279. The third-order valence-corrected chi connectivity index (χ3v) is 0. The van der Waals surface area contributed by atoms with Gasteiger partial charge in [-0.05, 0) is 0 Å². The fourth-order valence-corrected chi connectivity index (χ4v) is 0. The average molecular weight is 264 g/mol.